The highest BCUT2D eigenvalue weighted by Crippen LogP contribution is 2.24. The zero-order valence-electron chi connectivity index (χ0n) is 12.0. The van der Waals surface area contributed by atoms with Crippen molar-refractivity contribution in [3.05, 3.63) is 36.0 Å². The van der Waals surface area contributed by atoms with Gasteiger partial charge in [0.15, 0.2) is 0 Å². The van der Waals surface area contributed by atoms with E-state index in [0.29, 0.717) is 24.3 Å². The molecule has 6 heteroatoms. The van der Waals surface area contributed by atoms with Crippen LogP contribution in [0.4, 0.5) is 5.69 Å². The number of para-hydroxylation sites is 1. The molecule has 1 aromatic carbocycles. The van der Waals surface area contributed by atoms with E-state index in [0.717, 1.165) is 30.3 Å². The third-order valence-electron chi connectivity index (χ3n) is 3.75. The van der Waals surface area contributed by atoms with Gasteiger partial charge in [-0.25, -0.2) is 0 Å². The number of aromatic nitrogens is 1. The number of piperidine rings is 1. The van der Waals surface area contributed by atoms with Crippen LogP contribution >= 0.6 is 0 Å². The second-order valence-corrected chi connectivity index (χ2v) is 7.07. The van der Waals surface area contributed by atoms with E-state index in [9.17, 15) is 8.42 Å². The predicted molar refractivity (Wildman–Crippen MR) is 84.4 cm³/mol. The minimum atomic E-state index is -3.50. The van der Waals surface area contributed by atoms with Crippen molar-refractivity contribution >= 4 is 26.8 Å². The Hall–Kier alpha value is -1.66. The van der Waals surface area contributed by atoms with Crippen molar-refractivity contribution in [2.24, 2.45) is 0 Å². The summed E-state index contributed by atoms with van der Waals surface area (Å²) in [5.41, 5.74) is 2.10. The fourth-order valence-electron chi connectivity index (χ4n) is 2.64. The van der Waals surface area contributed by atoms with Crippen LogP contribution in [0.2, 0.25) is 0 Å². The molecule has 1 saturated heterocycles. The Labute approximate surface area is 125 Å². The molecule has 112 valence electrons. The number of hydrogen-bond acceptors (Lipinski definition) is 3. The summed E-state index contributed by atoms with van der Waals surface area (Å²) in [6.07, 6.45) is 2.95. The Kier molecular flexibility index (Phi) is 3.82. The highest BCUT2D eigenvalue weighted by molar-refractivity contribution is 7.90. The zero-order chi connectivity index (χ0) is 14.9. The Morgan fingerprint density at radius 1 is 1.10 bits per heavy atom. The van der Waals surface area contributed by atoms with Crippen molar-refractivity contribution in [2.75, 3.05) is 17.8 Å². The van der Waals surface area contributed by atoms with Gasteiger partial charge >= 0.3 is 10.2 Å². The Balaban J connectivity index is 1.95. The maximum Gasteiger partial charge on any atom is 0.301 e. The van der Waals surface area contributed by atoms with E-state index in [2.05, 4.69) is 9.71 Å². The molecule has 1 fully saturated rings. The average molecular weight is 305 g/mol. The summed E-state index contributed by atoms with van der Waals surface area (Å²) in [5, 5.41) is 0.930. The van der Waals surface area contributed by atoms with E-state index >= 15 is 0 Å². The van der Waals surface area contributed by atoms with Crippen LogP contribution in [0.5, 0.6) is 0 Å². The maximum absolute atomic E-state index is 12.5. The summed E-state index contributed by atoms with van der Waals surface area (Å²) in [7, 11) is -3.50. The van der Waals surface area contributed by atoms with Crippen molar-refractivity contribution in [3.8, 4) is 0 Å². The van der Waals surface area contributed by atoms with E-state index in [-0.39, 0.29) is 0 Å². The SMILES string of the molecule is Cc1ccc2cccc(NS(=O)(=O)N3CCCCC3)c2n1. The first-order valence-corrected chi connectivity index (χ1v) is 8.64. The second kappa shape index (κ2) is 5.61. The predicted octanol–water partition coefficient (Wildman–Crippen LogP) is 2.69. The van der Waals surface area contributed by atoms with Gasteiger partial charge in [-0.05, 0) is 31.9 Å². The highest BCUT2D eigenvalue weighted by atomic mass is 32.2. The number of nitrogens with zero attached hydrogens (tertiary/aromatic N) is 2. The largest absolute Gasteiger partial charge is 0.301 e. The molecule has 2 heterocycles. The van der Waals surface area contributed by atoms with Gasteiger partial charge in [0.05, 0.1) is 11.2 Å². The topological polar surface area (TPSA) is 62.3 Å². The van der Waals surface area contributed by atoms with E-state index in [4.69, 9.17) is 0 Å². The van der Waals surface area contributed by atoms with Crippen molar-refractivity contribution < 1.29 is 8.42 Å². The standard InChI is InChI=1S/C15H19N3O2S/c1-12-8-9-13-6-5-7-14(15(13)16-12)17-21(19,20)18-10-3-2-4-11-18/h5-9,17H,2-4,10-11H2,1H3. The minimum absolute atomic E-state index is 0.543. The molecule has 0 saturated carbocycles. The van der Waals surface area contributed by atoms with Crippen LogP contribution in [-0.4, -0.2) is 30.8 Å². The fourth-order valence-corrected chi connectivity index (χ4v) is 3.95. The Morgan fingerprint density at radius 3 is 2.62 bits per heavy atom. The molecule has 2 aromatic rings. The Morgan fingerprint density at radius 2 is 1.86 bits per heavy atom. The van der Waals surface area contributed by atoms with Gasteiger partial charge in [0.25, 0.3) is 0 Å². The van der Waals surface area contributed by atoms with Crippen LogP contribution < -0.4 is 4.72 Å². The molecule has 0 spiro atoms. The molecule has 0 unspecified atom stereocenters. The second-order valence-electron chi connectivity index (χ2n) is 5.40. The molecule has 5 nitrogen and oxygen atoms in total. The van der Waals surface area contributed by atoms with Crippen molar-refractivity contribution in [2.45, 2.75) is 26.2 Å². The number of aryl methyl sites for hydroxylation is 1. The van der Waals surface area contributed by atoms with E-state index in [1.807, 2.05) is 31.2 Å². The summed E-state index contributed by atoms with van der Waals surface area (Å²) in [6, 6.07) is 9.41. The smallest absolute Gasteiger partial charge is 0.269 e. The van der Waals surface area contributed by atoms with Gasteiger partial charge in [0.2, 0.25) is 0 Å². The van der Waals surface area contributed by atoms with Crippen LogP contribution in [0.1, 0.15) is 25.0 Å². The van der Waals surface area contributed by atoms with Crippen LogP contribution in [0.25, 0.3) is 10.9 Å². The van der Waals surface area contributed by atoms with Crippen molar-refractivity contribution in [1.29, 1.82) is 0 Å². The zero-order valence-corrected chi connectivity index (χ0v) is 12.9. The number of benzene rings is 1. The summed E-state index contributed by atoms with van der Waals surface area (Å²) in [6.45, 7) is 3.08. The number of hydrogen-bond donors (Lipinski definition) is 1. The number of nitrogens with one attached hydrogen (secondary N) is 1. The molecule has 0 amide bonds. The van der Waals surface area contributed by atoms with Gasteiger partial charge in [0, 0.05) is 24.2 Å². The summed E-state index contributed by atoms with van der Waals surface area (Å²) in [5.74, 6) is 0. The molecule has 0 bridgehead atoms. The van der Waals surface area contributed by atoms with E-state index < -0.39 is 10.2 Å². The summed E-state index contributed by atoms with van der Waals surface area (Å²) >= 11 is 0. The molecule has 21 heavy (non-hydrogen) atoms. The highest BCUT2D eigenvalue weighted by Gasteiger charge is 2.24. The molecule has 1 aromatic heterocycles. The lowest BCUT2D eigenvalue weighted by molar-refractivity contribution is 0.349. The van der Waals surface area contributed by atoms with Crippen LogP contribution in [0, 0.1) is 6.92 Å². The lowest BCUT2D eigenvalue weighted by Gasteiger charge is -2.26. The van der Waals surface area contributed by atoms with Crippen molar-refractivity contribution in [1.82, 2.24) is 9.29 Å². The molecule has 0 atom stereocenters. The van der Waals surface area contributed by atoms with Gasteiger partial charge in [-0.1, -0.05) is 24.6 Å². The Bertz CT molecular complexity index is 753. The van der Waals surface area contributed by atoms with Crippen LogP contribution in [0.15, 0.2) is 30.3 Å². The number of fused-ring (bicyclic) bond motifs is 1. The quantitative estimate of drug-likeness (QED) is 0.948. The average Bonchev–Trinajstić information content (AvgIpc) is 2.48. The molecular weight excluding hydrogens is 286 g/mol. The first-order valence-electron chi connectivity index (χ1n) is 7.20. The lowest BCUT2D eigenvalue weighted by atomic mass is 10.2. The van der Waals surface area contributed by atoms with Gasteiger partial charge in [-0.2, -0.15) is 12.7 Å². The van der Waals surface area contributed by atoms with E-state index in [1.54, 1.807) is 6.07 Å². The number of pyridine rings is 1. The van der Waals surface area contributed by atoms with Crippen molar-refractivity contribution in [3.63, 3.8) is 0 Å². The molecule has 1 aliphatic rings. The molecule has 3 rings (SSSR count). The van der Waals surface area contributed by atoms with Gasteiger partial charge in [-0.15, -0.1) is 0 Å². The molecule has 1 aliphatic heterocycles. The normalized spacial score (nSPS) is 17.0. The molecule has 0 aliphatic carbocycles. The number of anilines is 1. The third-order valence-corrected chi connectivity index (χ3v) is 5.28. The fraction of sp³-hybridized carbons (Fsp3) is 0.400. The first kappa shape index (κ1) is 14.3. The lowest BCUT2D eigenvalue weighted by Crippen LogP contribution is -2.39. The molecule has 1 N–H and O–H groups in total. The summed E-state index contributed by atoms with van der Waals surface area (Å²) < 4.78 is 29.2. The third kappa shape index (κ3) is 3.01. The summed E-state index contributed by atoms with van der Waals surface area (Å²) in [4.78, 5) is 4.46. The first-order chi connectivity index (χ1) is 10.1. The molecular formula is C15H19N3O2S. The molecule has 0 radical (unpaired) electrons. The van der Waals surface area contributed by atoms with E-state index in [1.165, 1.54) is 4.31 Å². The van der Waals surface area contributed by atoms with Crippen LogP contribution in [-0.2, 0) is 10.2 Å². The van der Waals surface area contributed by atoms with Gasteiger partial charge in [-0.3, -0.25) is 9.71 Å². The maximum atomic E-state index is 12.5. The monoisotopic (exact) mass is 305 g/mol. The van der Waals surface area contributed by atoms with Gasteiger partial charge < -0.3 is 0 Å². The number of rotatable bonds is 3. The van der Waals surface area contributed by atoms with Gasteiger partial charge in [0.1, 0.15) is 0 Å². The minimum Gasteiger partial charge on any atom is -0.269 e. The van der Waals surface area contributed by atoms with Crippen LogP contribution in [0.3, 0.4) is 0 Å².